The van der Waals surface area contributed by atoms with E-state index < -0.39 is 0 Å². The molecule has 2 heterocycles. The highest BCUT2D eigenvalue weighted by atomic mass is 32.1. The van der Waals surface area contributed by atoms with Gasteiger partial charge >= 0.3 is 6.03 Å². The number of benzene rings is 1. The number of hydrogen-bond donors (Lipinski definition) is 1. The monoisotopic (exact) mass is 374 g/mol. The van der Waals surface area contributed by atoms with Crippen LogP contribution in [-0.4, -0.2) is 49.3 Å². The minimum Gasteiger partial charge on any atom is -0.378 e. The molecular formula is C19H26N4O2S. The van der Waals surface area contributed by atoms with Gasteiger partial charge in [0.2, 0.25) is 0 Å². The molecule has 1 aromatic heterocycles. The SMILES string of the molecule is Cc1nc(CN(C)C(=O)NC(C)c2ccc(N3CCOCC3)cc2)cs1. The largest absolute Gasteiger partial charge is 0.378 e. The summed E-state index contributed by atoms with van der Waals surface area (Å²) in [6, 6.07) is 8.25. The molecule has 1 N–H and O–H groups in total. The number of aryl methyl sites for hydroxylation is 1. The van der Waals surface area contributed by atoms with Gasteiger partial charge < -0.3 is 19.9 Å². The molecule has 6 nitrogen and oxygen atoms in total. The lowest BCUT2D eigenvalue weighted by molar-refractivity contribution is 0.122. The van der Waals surface area contributed by atoms with Crippen LogP contribution >= 0.6 is 11.3 Å². The summed E-state index contributed by atoms with van der Waals surface area (Å²) in [5.74, 6) is 0. The second kappa shape index (κ2) is 8.51. The molecule has 0 spiro atoms. The topological polar surface area (TPSA) is 57.7 Å². The first-order chi connectivity index (χ1) is 12.5. The van der Waals surface area contributed by atoms with Crippen LogP contribution in [0.5, 0.6) is 0 Å². The Morgan fingerprint density at radius 1 is 1.35 bits per heavy atom. The first-order valence-corrected chi connectivity index (χ1v) is 9.76. The van der Waals surface area contributed by atoms with Crippen molar-refractivity contribution < 1.29 is 9.53 Å². The summed E-state index contributed by atoms with van der Waals surface area (Å²) in [6.45, 7) is 7.88. The van der Waals surface area contributed by atoms with E-state index in [1.807, 2.05) is 19.2 Å². The van der Waals surface area contributed by atoms with Gasteiger partial charge in [-0.25, -0.2) is 9.78 Å². The average molecular weight is 375 g/mol. The van der Waals surface area contributed by atoms with Crippen LogP contribution in [0.4, 0.5) is 10.5 Å². The Kier molecular flexibility index (Phi) is 6.11. The lowest BCUT2D eigenvalue weighted by Crippen LogP contribution is -2.38. The van der Waals surface area contributed by atoms with Gasteiger partial charge in [-0.15, -0.1) is 11.3 Å². The van der Waals surface area contributed by atoms with Crippen LogP contribution in [0.3, 0.4) is 0 Å². The first-order valence-electron chi connectivity index (χ1n) is 8.88. The molecule has 2 amide bonds. The van der Waals surface area contributed by atoms with Gasteiger partial charge in [0.25, 0.3) is 0 Å². The number of hydrogen-bond acceptors (Lipinski definition) is 5. The molecule has 1 aliphatic rings. The summed E-state index contributed by atoms with van der Waals surface area (Å²) in [7, 11) is 1.79. The van der Waals surface area contributed by atoms with Crippen LogP contribution in [0, 0.1) is 6.92 Å². The molecule has 1 unspecified atom stereocenters. The summed E-state index contributed by atoms with van der Waals surface area (Å²) in [4.78, 5) is 20.8. The highest BCUT2D eigenvalue weighted by Crippen LogP contribution is 2.20. The van der Waals surface area contributed by atoms with E-state index in [-0.39, 0.29) is 12.1 Å². The lowest BCUT2D eigenvalue weighted by atomic mass is 10.1. The van der Waals surface area contributed by atoms with E-state index in [0.29, 0.717) is 6.54 Å². The van der Waals surface area contributed by atoms with Gasteiger partial charge in [0.1, 0.15) is 0 Å². The van der Waals surface area contributed by atoms with Crippen LogP contribution in [0.1, 0.15) is 29.2 Å². The number of nitrogens with zero attached hydrogens (tertiary/aromatic N) is 3. The predicted octanol–water partition coefficient (Wildman–Crippen LogP) is 3.19. The third-order valence-electron chi connectivity index (χ3n) is 4.52. The molecule has 7 heteroatoms. The van der Waals surface area contributed by atoms with E-state index in [1.165, 1.54) is 5.69 Å². The molecule has 1 aromatic carbocycles. The summed E-state index contributed by atoms with van der Waals surface area (Å²) in [6.07, 6.45) is 0. The van der Waals surface area contributed by atoms with E-state index in [1.54, 1.807) is 23.3 Å². The van der Waals surface area contributed by atoms with Gasteiger partial charge in [-0.1, -0.05) is 12.1 Å². The van der Waals surface area contributed by atoms with Crippen LogP contribution in [0.25, 0.3) is 0 Å². The van der Waals surface area contributed by atoms with Gasteiger partial charge in [0.05, 0.1) is 36.5 Å². The Hall–Kier alpha value is -2.12. The van der Waals surface area contributed by atoms with Gasteiger partial charge in [0, 0.05) is 31.2 Å². The lowest BCUT2D eigenvalue weighted by Gasteiger charge is -2.29. The van der Waals surface area contributed by atoms with Crippen molar-refractivity contribution in [3.63, 3.8) is 0 Å². The quantitative estimate of drug-likeness (QED) is 0.873. The second-order valence-electron chi connectivity index (χ2n) is 6.58. The maximum atomic E-state index is 12.4. The molecule has 0 bridgehead atoms. The Bertz CT molecular complexity index is 725. The molecule has 0 radical (unpaired) electrons. The number of urea groups is 1. The third-order valence-corrected chi connectivity index (χ3v) is 5.34. The maximum absolute atomic E-state index is 12.4. The number of aromatic nitrogens is 1. The number of carbonyl (C=O) groups is 1. The summed E-state index contributed by atoms with van der Waals surface area (Å²) in [5.41, 5.74) is 3.22. The van der Waals surface area contributed by atoms with E-state index >= 15 is 0 Å². The van der Waals surface area contributed by atoms with Crippen molar-refractivity contribution in [2.75, 3.05) is 38.3 Å². The number of thiazole rings is 1. The molecule has 3 rings (SSSR count). The minimum atomic E-state index is -0.0968. The molecular weight excluding hydrogens is 348 g/mol. The number of anilines is 1. The van der Waals surface area contributed by atoms with Crippen LogP contribution in [-0.2, 0) is 11.3 Å². The number of nitrogens with one attached hydrogen (secondary N) is 1. The Balaban J connectivity index is 1.54. The zero-order valence-corrected chi connectivity index (χ0v) is 16.4. The van der Waals surface area contributed by atoms with E-state index in [4.69, 9.17) is 4.74 Å². The zero-order valence-electron chi connectivity index (χ0n) is 15.6. The highest BCUT2D eigenvalue weighted by Gasteiger charge is 2.16. The average Bonchev–Trinajstić information content (AvgIpc) is 3.07. The van der Waals surface area contributed by atoms with Gasteiger partial charge in [0.15, 0.2) is 0 Å². The normalized spacial score (nSPS) is 15.6. The number of morpholine rings is 1. The fourth-order valence-corrected chi connectivity index (χ4v) is 3.57. The van der Waals surface area contributed by atoms with Gasteiger partial charge in [-0.3, -0.25) is 0 Å². The smallest absolute Gasteiger partial charge is 0.317 e. The van der Waals surface area contributed by atoms with E-state index in [0.717, 1.165) is 42.6 Å². The molecule has 1 fully saturated rings. The molecule has 1 atom stereocenters. The van der Waals surface area contributed by atoms with Gasteiger partial charge in [-0.05, 0) is 31.5 Å². The molecule has 0 saturated carbocycles. The maximum Gasteiger partial charge on any atom is 0.317 e. The Labute approximate surface area is 158 Å². The fraction of sp³-hybridized carbons (Fsp3) is 0.474. The van der Waals surface area contributed by atoms with E-state index in [2.05, 4.69) is 39.5 Å². The Morgan fingerprint density at radius 3 is 2.65 bits per heavy atom. The number of carbonyl (C=O) groups excluding carboxylic acids is 1. The van der Waals surface area contributed by atoms with Crippen LogP contribution in [0.2, 0.25) is 0 Å². The van der Waals surface area contributed by atoms with E-state index in [9.17, 15) is 4.79 Å². The van der Waals surface area contributed by atoms with Crippen molar-refractivity contribution in [3.8, 4) is 0 Å². The fourth-order valence-electron chi connectivity index (χ4n) is 2.97. The third kappa shape index (κ3) is 4.74. The first kappa shape index (κ1) is 18.7. The number of ether oxygens (including phenoxy) is 1. The summed E-state index contributed by atoms with van der Waals surface area (Å²) >= 11 is 1.60. The van der Waals surface area contributed by atoms with Crippen molar-refractivity contribution in [3.05, 3.63) is 45.9 Å². The Morgan fingerprint density at radius 2 is 2.04 bits per heavy atom. The molecule has 2 aromatic rings. The van der Waals surface area contributed by atoms with Crippen molar-refractivity contribution >= 4 is 23.1 Å². The number of rotatable bonds is 5. The molecule has 140 valence electrons. The van der Waals surface area contributed by atoms with Crippen molar-refractivity contribution in [2.45, 2.75) is 26.4 Å². The summed E-state index contributed by atoms with van der Waals surface area (Å²) < 4.78 is 5.40. The summed E-state index contributed by atoms with van der Waals surface area (Å²) in [5, 5.41) is 6.06. The standard InChI is InChI=1S/C19H26N4O2S/c1-14(20-19(24)22(3)12-17-13-26-15(2)21-17)16-4-6-18(7-5-16)23-8-10-25-11-9-23/h4-7,13-14H,8-12H2,1-3H3,(H,20,24). The van der Waals surface area contributed by atoms with Crippen LogP contribution < -0.4 is 10.2 Å². The molecule has 1 saturated heterocycles. The number of amides is 2. The van der Waals surface area contributed by atoms with Gasteiger partial charge in [-0.2, -0.15) is 0 Å². The minimum absolute atomic E-state index is 0.0548. The molecule has 1 aliphatic heterocycles. The van der Waals surface area contributed by atoms with Crippen molar-refractivity contribution in [2.24, 2.45) is 0 Å². The predicted molar refractivity (Wildman–Crippen MR) is 105 cm³/mol. The molecule has 26 heavy (non-hydrogen) atoms. The van der Waals surface area contributed by atoms with Crippen molar-refractivity contribution in [1.82, 2.24) is 15.2 Å². The zero-order chi connectivity index (χ0) is 18.5. The van der Waals surface area contributed by atoms with Crippen LogP contribution in [0.15, 0.2) is 29.6 Å². The highest BCUT2D eigenvalue weighted by molar-refractivity contribution is 7.09. The second-order valence-corrected chi connectivity index (χ2v) is 7.64. The molecule has 0 aliphatic carbocycles. The van der Waals surface area contributed by atoms with Crippen molar-refractivity contribution in [1.29, 1.82) is 0 Å².